The fourth-order valence-corrected chi connectivity index (χ4v) is 4.17. The SMILES string of the molecule is CCn1c(SCc2csc(-c3ccco3)n2)nnc1C1CC1. The van der Waals surface area contributed by atoms with Crippen molar-refractivity contribution >= 4 is 23.1 Å². The molecule has 114 valence electrons. The predicted octanol–water partition coefficient (Wildman–Crippen LogP) is 4.18. The fraction of sp³-hybridized carbons (Fsp3) is 0.400. The van der Waals surface area contributed by atoms with Crippen molar-refractivity contribution < 1.29 is 4.42 Å². The van der Waals surface area contributed by atoms with Crippen LogP contribution in [0.15, 0.2) is 33.3 Å². The molecular weight excluding hydrogens is 316 g/mol. The lowest BCUT2D eigenvalue weighted by Crippen LogP contribution is -2.02. The van der Waals surface area contributed by atoms with Gasteiger partial charge in [0.2, 0.25) is 0 Å². The second-order valence-corrected chi connectivity index (χ2v) is 7.07. The first-order valence-corrected chi connectivity index (χ1v) is 9.26. The van der Waals surface area contributed by atoms with Crippen LogP contribution < -0.4 is 0 Å². The van der Waals surface area contributed by atoms with Crippen LogP contribution in [0, 0.1) is 0 Å². The highest BCUT2D eigenvalue weighted by Gasteiger charge is 2.29. The van der Waals surface area contributed by atoms with E-state index in [1.165, 1.54) is 12.8 Å². The van der Waals surface area contributed by atoms with E-state index in [1.54, 1.807) is 29.4 Å². The number of thiazole rings is 1. The molecule has 22 heavy (non-hydrogen) atoms. The quantitative estimate of drug-likeness (QED) is 0.634. The van der Waals surface area contributed by atoms with Crippen molar-refractivity contribution in [1.82, 2.24) is 19.7 Å². The number of furan rings is 1. The Morgan fingerprint density at radius 1 is 1.41 bits per heavy atom. The number of hydrogen-bond donors (Lipinski definition) is 0. The molecule has 3 aromatic rings. The van der Waals surface area contributed by atoms with Crippen LogP contribution in [-0.4, -0.2) is 19.7 Å². The number of thioether (sulfide) groups is 1. The summed E-state index contributed by atoms with van der Waals surface area (Å²) >= 11 is 3.32. The van der Waals surface area contributed by atoms with E-state index in [0.717, 1.165) is 39.7 Å². The zero-order chi connectivity index (χ0) is 14.9. The van der Waals surface area contributed by atoms with Crippen LogP contribution in [0.25, 0.3) is 10.8 Å². The second-order valence-electron chi connectivity index (χ2n) is 5.27. The maximum Gasteiger partial charge on any atom is 0.191 e. The third-order valence-corrected chi connectivity index (χ3v) is 5.54. The van der Waals surface area contributed by atoms with E-state index < -0.39 is 0 Å². The van der Waals surface area contributed by atoms with E-state index in [0.29, 0.717) is 5.92 Å². The molecule has 0 bridgehead atoms. The molecule has 0 N–H and O–H groups in total. The summed E-state index contributed by atoms with van der Waals surface area (Å²) in [6.07, 6.45) is 4.18. The second kappa shape index (κ2) is 5.89. The first-order chi connectivity index (χ1) is 10.8. The zero-order valence-corrected chi connectivity index (χ0v) is 13.9. The van der Waals surface area contributed by atoms with Crippen molar-refractivity contribution in [3.63, 3.8) is 0 Å². The molecule has 1 fully saturated rings. The van der Waals surface area contributed by atoms with Gasteiger partial charge in [0.05, 0.1) is 12.0 Å². The lowest BCUT2D eigenvalue weighted by Gasteiger charge is -2.05. The minimum atomic E-state index is 0.631. The monoisotopic (exact) mass is 332 g/mol. The first-order valence-electron chi connectivity index (χ1n) is 7.39. The molecule has 1 aliphatic rings. The van der Waals surface area contributed by atoms with Crippen LogP contribution in [-0.2, 0) is 12.3 Å². The van der Waals surface area contributed by atoms with Crippen LogP contribution in [0.4, 0.5) is 0 Å². The third kappa shape index (κ3) is 2.70. The van der Waals surface area contributed by atoms with E-state index >= 15 is 0 Å². The van der Waals surface area contributed by atoms with Gasteiger partial charge in [-0.05, 0) is 31.9 Å². The van der Waals surface area contributed by atoms with Gasteiger partial charge in [-0.15, -0.1) is 21.5 Å². The molecule has 0 unspecified atom stereocenters. The lowest BCUT2D eigenvalue weighted by atomic mass is 10.4. The molecule has 0 radical (unpaired) electrons. The highest BCUT2D eigenvalue weighted by Crippen LogP contribution is 2.40. The third-order valence-electron chi connectivity index (χ3n) is 3.64. The summed E-state index contributed by atoms with van der Waals surface area (Å²) < 4.78 is 7.62. The Kier molecular flexibility index (Phi) is 3.75. The van der Waals surface area contributed by atoms with Gasteiger partial charge in [-0.2, -0.15) is 0 Å². The van der Waals surface area contributed by atoms with E-state index in [1.807, 2.05) is 12.1 Å². The minimum absolute atomic E-state index is 0.631. The molecule has 0 amide bonds. The normalized spacial score (nSPS) is 14.6. The van der Waals surface area contributed by atoms with E-state index in [4.69, 9.17) is 4.42 Å². The van der Waals surface area contributed by atoms with Gasteiger partial charge in [0.15, 0.2) is 15.9 Å². The van der Waals surface area contributed by atoms with Crippen LogP contribution in [0.3, 0.4) is 0 Å². The topological polar surface area (TPSA) is 56.7 Å². The van der Waals surface area contributed by atoms with Crippen LogP contribution >= 0.6 is 23.1 Å². The Balaban J connectivity index is 1.46. The van der Waals surface area contributed by atoms with E-state index in [9.17, 15) is 0 Å². The Bertz CT molecular complexity index is 758. The molecule has 3 aromatic heterocycles. The zero-order valence-electron chi connectivity index (χ0n) is 12.2. The Hall–Kier alpha value is -1.60. The molecular formula is C15H16N4OS2. The summed E-state index contributed by atoms with van der Waals surface area (Å²) in [5, 5.41) is 12.7. The molecule has 0 spiro atoms. The largest absolute Gasteiger partial charge is 0.462 e. The van der Waals surface area contributed by atoms with Gasteiger partial charge in [0, 0.05) is 23.6 Å². The molecule has 7 heteroatoms. The molecule has 1 saturated carbocycles. The highest BCUT2D eigenvalue weighted by molar-refractivity contribution is 7.98. The number of nitrogens with zero attached hydrogens (tertiary/aromatic N) is 4. The maximum atomic E-state index is 5.38. The number of rotatable bonds is 6. The van der Waals surface area contributed by atoms with Gasteiger partial charge in [0.1, 0.15) is 5.82 Å². The standard InChI is InChI=1S/C15H16N4OS2/c1-2-19-13(10-5-6-10)17-18-15(19)22-9-11-8-21-14(16-11)12-4-3-7-20-12/h3-4,7-8,10H,2,5-6,9H2,1H3. The Morgan fingerprint density at radius 2 is 2.32 bits per heavy atom. The molecule has 0 aromatic carbocycles. The van der Waals surface area contributed by atoms with Crippen LogP contribution in [0.2, 0.25) is 0 Å². The van der Waals surface area contributed by atoms with Crippen molar-refractivity contribution in [2.45, 2.75) is 43.1 Å². The molecule has 0 atom stereocenters. The summed E-state index contributed by atoms with van der Waals surface area (Å²) in [4.78, 5) is 4.62. The van der Waals surface area contributed by atoms with Crippen molar-refractivity contribution in [3.8, 4) is 10.8 Å². The van der Waals surface area contributed by atoms with Gasteiger partial charge >= 0.3 is 0 Å². The molecule has 3 heterocycles. The molecule has 1 aliphatic carbocycles. The number of hydrogen-bond acceptors (Lipinski definition) is 6. The van der Waals surface area contributed by atoms with Gasteiger partial charge in [-0.1, -0.05) is 11.8 Å². The van der Waals surface area contributed by atoms with Gasteiger partial charge < -0.3 is 8.98 Å². The minimum Gasteiger partial charge on any atom is -0.462 e. The molecule has 0 aliphatic heterocycles. The average Bonchev–Trinajstić information content (AvgIpc) is 3.00. The summed E-state index contributed by atoms with van der Waals surface area (Å²) in [6, 6.07) is 3.82. The molecule has 0 saturated heterocycles. The molecule has 4 rings (SSSR count). The first kappa shape index (κ1) is 14.0. The van der Waals surface area contributed by atoms with Gasteiger partial charge in [0.25, 0.3) is 0 Å². The van der Waals surface area contributed by atoms with Crippen LogP contribution in [0.1, 0.15) is 37.2 Å². The van der Waals surface area contributed by atoms with Crippen molar-refractivity contribution in [1.29, 1.82) is 0 Å². The summed E-state index contributed by atoms with van der Waals surface area (Å²) in [5.74, 6) is 3.42. The van der Waals surface area contributed by atoms with Gasteiger partial charge in [-0.3, -0.25) is 0 Å². The summed E-state index contributed by atoms with van der Waals surface area (Å²) in [7, 11) is 0. The molecule has 5 nitrogen and oxygen atoms in total. The predicted molar refractivity (Wildman–Crippen MR) is 87.0 cm³/mol. The van der Waals surface area contributed by atoms with E-state index in [2.05, 4.69) is 32.1 Å². The van der Waals surface area contributed by atoms with Crippen molar-refractivity contribution in [2.24, 2.45) is 0 Å². The summed E-state index contributed by atoms with van der Waals surface area (Å²) in [6.45, 7) is 3.08. The van der Waals surface area contributed by atoms with Crippen molar-refractivity contribution in [3.05, 3.63) is 35.3 Å². The van der Waals surface area contributed by atoms with Crippen molar-refractivity contribution in [2.75, 3.05) is 0 Å². The Labute approximate surface area is 136 Å². The van der Waals surface area contributed by atoms with Gasteiger partial charge in [-0.25, -0.2) is 4.98 Å². The summed E-state index contributed by atoms with van der Waals surface area (Å²) in [5.41, 5.74) is 1.06. The smallest absolute Gasteiger partial charge is 0.191 e. The highest BCUT2D eigenvalue weighted by atomic mass is 32.2. The Morgan fingerprint density at radius 3 is 3.05 bits per heavy atom. The lowest BCUT2D eigenvalue weighted by molar-refractivity contribution is 0.581. The van der Waals surface area contributed by atoms with E-state index in [-0.39, 0.29) is 0 Å². The maximum absolute atomic E-state index is 5.38. The van der Waals surface area contributed by atoms with Crippen LogP contribution in [0.5, 0.6) is 0 Å². The fourth-order valence-electron chi connectivity index (χ4n) is 2.37. The average molecular weight is 332 g/mol. The number of aromatic nitrogens is 4.